The molecule has 0 aromatic heterocycles. The fourth-order valence-corrected chi connectivity index (χ4v) is 1.19. The quantitative estimate of drug-likeness (QED) is 0.635. The van der Waals surface area contributed by atoms with Crippen molar-refractivity contribution in [2.24, 2.45) is 0 Å². The van der Waals surface area contributed by atoms with Gasteiger partial charge in [-0.15, -0.1) is 0 Å². The molecule has 1 aromatic rings. The molecule has 0 bridgehead atoms. The van der Waals surface area contributed by atoms with Crippen molar-refractivity contribution in [1.82, 2.24) is 0 Å². The summed E-state index contributed by atoms with van der Waals surface area (Å²) in [7, 11) is 0. The first-order valence-corrected chi connectivity index (χ1v) is 4.35. The number of anilines is 1. The Bertz CT molecular complexity index is 274. The minimum absolute atomic E-state index is 0.164. The molecule has 1 rings (SSSR count). The molecule has 0 saturated heterocycles. The number of carbonyl (C=O) groups excluding carboxylic acids is 1. The van der Waals surface area contributed by atoms with Crippen molar-refractivity contribution in [2.75, 3.05) is 4.90 Å². The summed E-state index contributed by atoms with van der Waals surface area (Å²) in [5, 5.41) is 0. The summed E-state index contributed by atoms with van der Waals surface area (Å²) >= 11 is 0. The van der Waals surface area contributed by atoms with Crippen LogP contribution in [-0.4, -0.2) is 11.9 Å². The molecule has 0 radical (unpaired) electrons. The van der Waals surface area contributed by atoms with E-state index in [9.17, 15) is 4.79 Å². The summed E-state index contributed by atoms with van der Waals surface area (Å²) in [4.78, 5) is 12.6. The first-order chi connectivity index (χ1) is 6.05. The van der Waals surface area contributed by atoms with Gasteiger partial charge in [0, 0.05) is 11.2 Å². The lowest BCUT2D eigenvalue weighted by Gasteiger charge is -2.32. The summed E-state index contributed by atoms with van der Waals surface area (Å²) in [6.45, 7) is 6.02. The normalized spacial score (nSPS) is 11.0. The van der Waals surface area contributed by atoms with Crippen molar-refractivity contribution in [2.45, 2.75) is 26.3 Å². The SMILES string of the molecule is CC(C)(C)N(C=O)c1ccccc1. The number of rotatable bonds is 2. The van der Waals surface area contributed by atoms with Gasteiger partial charge in [-0.25, -0.2) is 0 Å². The molecular formula is C11H15NO. The maximum Gasteiger partial charge on any atom is 0.214 e. The van der Waals surface area contributed by atoms with Gasteiger partial charge in [0.25, 0.3) is 0 Å². The molecule has 2 nitrogen and oxygen atoms in total. The Balaban J connectivity index is 2.99. The lowest BCUT2D eigenvalue weighted by atomic mass is 10.1. The summed E-state index contributed by atoms with van der Waals surface area (Å²) in [6.07, 6.45) is 0.870. The summed E-state index contributed by atoms with van der Waals surface area (Å²) < 4.78 is 0. The highest BCUT2D eigenvalue weighted by Crippen LogP contribution is 2.20. The minimum Gasteiger partial charge on any atom is -0.310 e. The number of para-hydroxylation sites is 1. The second kappa shape index (κ2) is 3.60. The second-order valence-electron chi connectivity index (χ2n) is 3.98. The van der Waals surface area contributed by atoms with Gasteiger partial charge in [-0.2, -0.15) is 0 Å². The third kappa shape index (κ3) is 2.31. The summed E-state index contributed by atoms with van der Waals surface area (Å²) in [6, 6.07) is 9.66. The van der Waals surface area contributed by atoms with Crippen LogP contribution in [0.5, 0.6) is 0 Å². The molecule has 0 aliphatic carbocycles. The molecule has 0 saturated carbocycles. The molecule has 1 aromatic carbocycles. The zero-order chi connectivity index (χ0) is 9.90. The van der Waals surface area contributed by atoms with E-state index in [4.69, 9.17) is 0 Å². The zero-order valence-electron chi connectivity index (χ0n) is 8.32. The lowest BCUT2D eigenvalue weighted by Crippen LogP contribution is -2.40. The molecule has 0 unspecified atom stereocenters. The predicted octanol–water partition coefficient (Wildman–Crippen LogP) is 2.45. The molecule has 0 heterocycles. The average molecular weight is 177 g/mol. The molecule has 70 valence electrons. The van der Waals surface area contributed by atoms with E-state index in [1.807, 2.05) is 51.1 Å². The van der Waals surface area contributed by atoms with Gasteiger partial charge in [0.2, 0.25) is 6.41 Å². The highest BCUT2D eigenvalue weighted by atomic mass is 16.1. The number of hydrogen-bond donors (Lipinski definition) is 0. The van der Waals surface area contributed by atoms with Crippen molar-refractivity contribution in [3.63, 3.8) is 0 Å². The van der Waals surface area contributed by atoms with E-state index >= 15 is 0 Å². The number of amides is 1. The number of hydrogen-bond acceptors (Lipinski definition) is 1. The third-order valence-corrected chi connectivity index (χ3v) is 1.86. The first-order valence-electron chi connectivity index (χ1n) is 4.35. The standard InChI is InChI=1S/C11H15NO/c1-11(2,3)12(9-13)10-7-5-4-6-8-10/h4-9H,1-3H3. The van der Waals surface area contributed by atoms with Crippen LogP contribution in [0.15, 0.2) is 30.3 Å². The van der Waals surface area contributed by atoms with E-state index in [2.05, 4.69) is 0 Å². The van der Waals surface area contributed by atoms with E-state index < -0.39 is 0 Å². The fourth-order valence-electron chi connectivity index (χ4n) is 1.19. The maximum absolute atomic E-state index is 10.9. The van der Waals surface area contributed by atoms with Crippen LogP contribution in [-0.2, 0) is 4.79 Å². The Hall–Kier alpha value is -1.31. The predicted molar refractivity (Wildman–Crippen MR) is 54.7 cm³/mol. The first kappa shape index (κ1) is 9.78. The molecule has 1 amide bonds. The van der Waals surface area contributed by atoms with Gasteiger partial charge in [-0.05, 0) is 32.9 Å². The molecule has 0 aliphatic rings. The van der Waals surface area contributed by atoms with E-state index in [-0.39, 0.29) is 5.54 Å². The zero-order valence-corrected chi connectivity index (χ0v) is 8.32. The highest BCUT2D eigenvalue weighted by Gasteiger charge is 2.20. The topological polar surface area (TPSA) is 20.3 Å². The Morgan fingerprint density at radius 1 is 1.15 bits per heavy atom. The molecule has 0 fully saturated rings. The molecule has 2 heteroatoms. The summed E-state index contributed by atoms with van der Waals surface area (Å²) in [5.74, 6) is 0. The largest absolute Gasteiger partial charge is 0.310 e. The average Bonchev–Trinajstić information content (AvgIpc) is 2.05. The third-order valence-electron chi connectivity index (χ3n) is 1.86. The number of carbonyl (C=O) groups is 1. The van der Waals surface area contributed by atoms with Gasteiger partial charge in [0.15, 0.2) is 0 Å². The van der Waals surface area contributed by atoms with Gasteiger partial charge in [0.1, 0.15) is 0 Å². The van der Waals surface area contributed by atoms with Gasteiger partial charge >= 0.3 is 0 Å². The van der Waals surface area contributed by atoms with Crippen molar-refractivity contribution in [3.05, 3.63) is 30.3 Å². The van der Waals surface area contributed by atoms with Gasteiger partial charge in [0.05, 0.1) is 0 Å². The lowest BCUT2D eigenvalue weighted by molar-refractivity contribution is -0.108. The van der Waals surface area contributed by atoms with E-state index in [0.29, 0.717) is 0 Å². The molecule has 0 atom stereocenters. The Labute approximate surface area is 79.2 Å². The Morgan fingerprint density at radius 2 is 1.69 bits per heavy atom. The Morgan fingerprint density at radius 3 is 2.08 bits per heavy atom. The van der Waals surface area contributed by atoms with Crippen molar-refractivity contribution in [1.29, 1.82) is 0 Å². The number of nitrogens with zero attached hydrogens (tertiary/aromatic N) is 1. The number of benzene rings is 1. The fraction of sp³-hybridized carbons (Fsp3) is 0.364. The van der Waals surface area contributed by atoms with Crippen molar-refractivity contribution < 1.29 is 4.79 Å². The molecule has 13 heavy (non-hydrogen) atoms. The van der Waals surface area contributed by atoms with Crippen LogP contribution in [0, 0.1) is 0 Å². The molecule has 0 aliphatic heterocycles. The summed E-state index contributed by atoms with van der Waals surface area (Å²) in [5.41, 5.74) is 0.772. The second-order valence-corrected chi connectivity index (χ2v) is 3.98. The smallest absolute Gasteiger partial charge is 0.214 e. The highest BCUT2D eigenvalue weighted by molar-refractivity contribution is 5.76. The monoisotopic (exact) mass is 177 g/mol. The van der Waals surface area contributed by atoms with Gasteiger partial charge in [-0.1, -0.05) is 18.2 Å². The Kier molecular flexibility index (Phi) is 2.71. The molecule has 0 spiro atoms. The van der Waals surface area contributed by atoms with Crippen LogP contribution in [0.25, 0.3) is 0 Å². The van der Waals surface area contributed by atoms with Crippen molar-refractivity contribution >= 4 is 12.1 Å². The van der Waals surface area contributed by atoms with Crippen LogP contribution in [0.2, 0.25) is 0 Å². The van der Waals surface area contributed by atoms with Crippen LogP contribution >= 0.6 is 0 Å². The minimum atomic E-state index is -0.164. The van der Waals surface area contributed by atoms with Crippen LogP contribution in [0.4, 0.5) is 5.69 Å². The van der Waals surface area contributed by atoms with Crippen molar-refractivity contribution in [3.8, 4) is 0 Å². The van der Waals surface area contributed by atoms with E-state index in [0.717, 1.165) is 12.1 Å². The van der Waals surface area contributed by atoms with Gasteiger partial charge in [-0.3, -0.25) is 4.79 Å². The van der Waals surface area contributed by atoms with Crippen LogP contribution in [0.3, 0.4) is 0 Å². The molecule has 0 N–H and O–H groups in total. The van der Waals surface area contributed by atoms with Crippen LogP contribution < -0.4 is 4.90 Å². The van der Waals surface area contributed by atoms with E-state index in [1.54, 1.807) is 4.90 Å². The molecular weight excluding hydrogens is 162 g/mol. The van der Waals surface area contributed by atoms with Crippen LogP contribution in [0.1, 0.15) is 20.8 Å². The van der Waals surface area contributed by atoms with Gasteiger partial charge < -0.3 is 4.90 Å². The maximum atomic E-state index is 10.9. The van der Waals surface area contributed by atoms with E-state index in [1.165, 1.54) is 0 Å².